The number of hydrogen-bond acceptors (Lipinski definition) is 2. The van der Waals surface area contributed by atoms with Gasteiger partial charge < -0.3 is 10.2 Å². The van der Waals surface area contributed by atoms with Crippen molar-refractivity contribution in [3.63, 3.8) is 0 Å². The van der Waals surface area contributed by atoms with Crippen LogP contribution in [0.15, 0.2) is 48.5 Å². The number of nitrogens with one attached hydrogen (secondary N) is 1. The Labute approximate surface area is 177 Å². The summed E-state index contributed by atoms with van der Waals surface area (Å²) in [6.45, 7) is 6.03. The summed E-state index contributed by atoms with van der Waals surface area (Å²) in [4.78, 5) is 27.6. The van der Waals surface area contributed by atoms with Gasteiger partial charge in [0.2, 0.25) is 11.8 Å². The first-order valence-corrected chi connectivity index (χ1v) is 10.3. The SMILES string of the molecule is CC[C@H](C)NC(=O)[C@H](CC)N(Cc1ccc(F)cc1)C(=O)Cc1cccc(Cl)c1. The number of rotatable bonds is 9. The van der Waals surface area contributed by atoms with E-state index in [2.05, 4.69) is 5.32 Å². The van der Waals surface area contributed by atoms with Crippen molar-refractivity contribution in [2.45, 2.75) is 58.7 Å². The van der Waals surface area contributed by atoms with Crippen molar-refractivity contribution in [1.82, 2.24) is 10.2 Å². The topological polar surface area (TPSA) is 49.4 Å². The number of carbonyl (C=O) groups excluding carboxylic acids is 2. The van der Waals surface area contributed by atoms with E-state index in [4.69, 9.17) is 11.6 Å². The molecule has 0 saturated heterocycles. The predicted octanol–water partition coefficient (Wildman–Crippen LogP) is 4.74. The summed E-state index contributed by atoms with van der Waals surface area (Å²) in [6.07, 6.45) is 1.41. The van der Waals surface area contributed by atoms with Crippen LogP contribution >= 0.6 is 11.6 Å². The van der Waals surface area contributed by atoms with Gasteiger partial charge in [0.15, 0.2) is 0 Å². The molecule has 29 heavy (non-hydrogen) atoms. The highest BCUT2D eigenvalue weighted by molar-refractivity contribution is 6.30. The Morgan fingerprint density at radius 3 is 2.34 bits per heavy atom. The molecule has 0 aliphatic carbocycles. The molecule has 0 unspecified atom stereocenters. The zero-order valence-corrected chi connectivity index (χ0v) is 17.9. The standard InChI is InChI=1S/C23H28ClFN2O2/c1-4-16(3)26-23(29)21(5-2)27(15-17-9-11-20(25)12-10-17)22(28)14-18-7-6-8-19(24)13-18/h6-13,16,21H,4-5,14-15H2,1-3H3,(H,26,29)/t16-,21-/m0/s1. The second kappa shape index (κ2) is 11.0. The zero-order chi connectivity index (χ0) is 21.4. The summed E-state index contributed by atoms with van der Waals surface area (Å²) < 4.78 is 13.3. The van der Waals surface area contributed by atoms with Crippen LogP contribution in [0.3, 0.4) is 0 Å². The number of benzene rings is 2. The molecule has 6 heteroatoms. The lowest BCUT2D eigenvalue weighted by Gasteiger charge is -2.31. The normalized spacial score (nSPS) is 12.9. The van der Waals surface area contributed by atoms with E-state index in [1.807, 2.05) is 26.8 Å². The summed E-state index contributed by atoms with van der Waals surface area (Å²) in [5.74, 6) is -0.696. The van der Waals surface area contributed by atoms with E-state index < -0.39 is 6.04 Å². The third-order valence-electron chi connectivity index (χ3n) is 4.90. The fourth-order valence-electron chi connectivity index (χ4n) is 3.07. The maximum Gasteiger partial charge on any atom is 0.243 e. The van der Waals surface area contributed by atoms with E-state index in [1.165, 1.54) is 12.1 Å². The van der Waals surface area contributed by atoms with Crippen LogP contribution in [-0.2, 0) is 22.6 Å². The molecular formula is C23H28ClFN2O2. The Morgan fingerprint density at radius 2 is 1.76 bits per heavy atom. The van der Waals surface area contributed by atoms with Gasteiger partial charge in [-0.25, -0.2) is 4.39 Å². The van der Waals surface area contributed by atoms with Crippen LogP contribution in [-0.4, -0.2) is 28.8 Å². The molecule has 2 amide bonds. The fraction of sp³-hybridized carbons (Fsp3) is 0.391. The van der Waals surface area contributed by atoms with E-state index in [0.717, 1.165) is 17.5 Å². The van der Waals surface area contributed by atoms with Crippen LogP contribution in [0.5, 0.6) is 0 Å². The lowest BCUT2D eigenvalue weighted by atomic mass is 10.1. The monoisotopic (exact) mass is 418 g/mol. The molecule has 0 spiro atoms. The average Bonchev–Trinajstić information content (AvgIpc) is 2.69. The van der Waals surface area contributed by atoms with E-state index in [1.54, 1.807) is 35.2 Å². The van der Waals surface area contributed by atoms with E-state index >= 15 is 0 Å². The first-order chi connectivity index (χ1) is 13.8. The maximum atomic E-state index is 13.3. The number of halogens is 2. The van der Waals surface area contributed by atoms with Gasteiger partial charge in [0, 0.05) is 17.6 Å². The molecule has 156 valence electrons. The average molecular weight is 419 g/mol. The molecule has 0 fully saturated rings. The van der Waals surface area contributed by atoms with Crippen LogP contribution in [0.25, 0.3) is 0 Å². The largest absolute Gasteiger partial charge is 0.352 e. The fourth-order valence-corrected chi connectivity index (χ4v) is 3.28. The zero-order valence-electron chi connectivity index (χ0n) is 17.1. The summed E-state index contributed by atoms with van der Waals surface area (Å²) in [7, 11) is 0. The van der Waals surface area contributed by atoms with Crippen molar-refractivity contribution >= 4 is 23.4 Å². The smallest absolute Gasteiger partial charge is 0.243 e. The van der Waals surface area contributed by atoms with E-state index in [-0.39, 0.29) is 36.6 Å². The first kappa shape index (κ1) is 22.9. The Bertz CT molecular complexity index is 826. The van der Waals surface area contributed by atoms with E-state index in [0.29, 0.717) is 11.4 Å². The molecule has 2 aromatic carbocycles. The van der Waals surface area contributed by atoms with Crippen molar-refractivity contribution in [1.29, 1.82) is 0 Å². The minimum Gasteiger partial charge on any atom is -0.352 e. The highest BCUT2D eigenvalue weighted by atomic mass is 35.5. The second-order valence-corrected chi connectivity index (χ2v) is 7.63. The van der Waals surface area contributed by atoms with E-state index in [9.17, 15) is 14.0 Å². The van der Waals surface area contributed by atoms with Crippen molar-refractivity contribution in [2.24, 2.45) is 0 Å². The molecule has 0 saturated carbocycles. The van der Waals surface area contributed by atoms with Gasteiger partial charge in [-0.1, -0.05) is 49.7 Å². The van der Waals surface area contributed by atoms with Gasteiger partial charge in [-0.3, -0.25) is 9.59 Å². The van der Waals surface area contributed by atoms with Gasteiger partial charge in [0.05, 0.1) is 6.42 Å². The Kier molecular flexibility index (Phi) is 8.65. The third-order valence-corrected chi connectivity index (χ3v) is 5.13. The quantitative estimate of drug-likeness (QED) is 0.639. The van der Waals surface area contributed by atoms with Gasteiger partial charge >= 0.3 is 0 Å². The van der Waals surface area contributed by atoms with Crippen molar-refractivity contribution in [3.05, 3.63) is 70.5 Å². The minimum atomic E-state index is -0.610. The van der Waals surface area contributed by atoms with Crippen molar-refractivity contribution < 1.29 is 14.0 Å². The first-order valence-electron chi connectivity index (χ1n) is 9.92. The van der Waals surface area contributed by atoms with Gasteiger partial charge in [-0.15, -0.1) is 0 Å². The number of carbonyl (C=O) groups is 2. The van der Waals surface area contributed by atoms with Crippen LogP contribution in [0.4, 0.5) is 4.39 Å². The highest BCUT2D eigenvalue weighted by Crippen LogP contribution is 2.17. The molecule has 0 aliphatic rings. The molecule has 0 radical (unpaired) electrons. The van der Waals surface area contributed by atoms with Crippen LogP contribution in [0.2, 0.25) is 5.02 Å². The lowest BCUT2D eigenvalue weighted by Crippen LogP contribution is -2.51. The van der Waals surface area contributed by atoms with Crippen molar-refractivity contribution in [3.8, 4) is 0 Å². The lowest BCUT2D eigenvalue weighted by molar-refractivity contribution is -0.141. The molecule has 0 aliphatic heterocycles. The number of hydrogen-bond donors (Lipinski definition) is 1. The summed E-state index contributed by atoms with van der Waals surface area (Å²) in [6, 6.07) is 12.5. The molecule has 1 N–H and O–H groups in total. The maximum absolute atomic E-state index is 13.3. The summed E-state index contributed by atoms with van der Waals surface area (Å²) >= 11 is 6.04. The van der Waals surface area contributed by atoms with Crippen LogP contribution in [0.1, 0.15) is 44.7 Å². The third kappa shape index (κ3) is 6.86. The summed E-state index contributed by atoms with van der Waals surface area (Å²) in [5.41, 5.74) is 1.55. The molecule has 0 aromatic heterocycles. The number of amides is 2. The number of nitrogens with zero attached hydrogens (tertiary/aromatic N) is 1. The Balaban J connectivity index is 2.28. The van der Waals surface area contributed by atoms with Gasteiger partial charge in [0.25, 0.3) is 0 Å². The Morgan fingerprint density at radius 1 is 1.07 bits per heavy atom. The molecule has 4 nitrogen and oxygen atoms in total. The second-order valence-electron chi connectivity index (χ2n) is 7.20. The van der Waals surface area contributed by atoms with Gasteiger partial charge in [-0.2, -0.15) is 0 Å². The van der Waals surface area contributed by atoms with Gasteiger partial charge in [-0.05, 0) is 55.2 Å². The Hall–Kier alpha value is -2.40. The van der Waals surface area contributed by atoms with Crippen LogP contribution < -0.4 is 5.32 Å². The molecule has 2 rings (SSSR count). The predicted molar refractivity (Wildman–Crippen MR) is 114 cm³/mol. The molecule has 2 aromatic rings. The molecule has 0 bridgehead atoms. The minimum absolute atomic E-state index is 0.0206. The molecular weight excluding hydrogens is 391 g/mol. The molecule has 2 atom stereocenters. The summed E-state index contributed by atoms with van der Waals surface area (Å²) in [5, 5.41) is 3.53. The van der Waals surface area contributed by atoms with Crippen LogP contribution in [0, 0.1) is 5.82 Å². The van der Waals surface area contributed by atoms with Gasteiger partial charge in [0.1, 0.15) is 11.9 Å². The molecule has 0 heterocycles. The highest BCUT2D eigenvalue weighted by Gasteiger charge is 2.29. The van der Waals surface area contributed by atoms with Crippen molar-refractivity contribution in [2.75, 3.05) is 0 Å².